The van der Waals surface area contributed by atoms with E-state index in [0.29, 0.717) is 5.69 Å². The first kappa shape index (κ1) is 10.6. The van der Waals surface area contributed by atoms with Crippen molar-refractivity contribution in [2.24, 2.45) is 10.3 Å². The number of nitriles is 1. The van der Waals surface area contributed by atoms with E-state index in [-0.39, 0.29) is 12.2 Å². The molecule has 76 valence electrons. The molecular formula is C8H7N5O2. The van der Waals surface area contributed by atoms with E-state index in [1.165, 1.54) is 24.3 Å². The van der Waals surface area contributed by atoms with Gasteiger partial charge in [0.25, 0.3) is 5.69 Å². The fourth-order valence-electron chi connectivity index (χ4n) is 0.818. The van der Waals surface area contributed by atoms with Crippen molar-refractivity contribution < 1.29 is 4.92 Å². The molecule has 0 fully saturated rings. The molecule has 1 aromatic carbocycles. The molecular weight excluding hydrogens is 198 g/mol. The number of anilines is 1. The molecule has 0 amide bonds. The van der Waals surface area contributed by atoms with Gasteiger partial charge >= 0.3 is 0 Å². The monoisotopic (exact) mass is 205 g/mol. The molecule has 0 aliphatic heterocycles. The molecule has 1 rings (SSSR count). The second kappa shape index (κ2) is 5.29. The Kier molecular flexibility index (Phi) is 3.73. The summed E-state index contributed by atoms with van der Waals surface area (Å²) in [7, 11) is 0. The van der Waals surface area contributed by atoms with Gasteiger partial charge < -0.3 is 0 Å². The highest BCUT2D eigenvalue weighted by Gasteiger charge is 2.02. The second-order valence-electron chi connectivity index (χ2n) is 2.47. The molecule has 0 aromatic heterocycles. The molecule has 0 heterocycles. The van der Waals surface area contributed by atoms with Gasteiger partial charge in [0.1, 0.15) is 6.54 Å². The van der Waals surface area contributed by atoms with Gasteiger partial charge in [-0.3, -0.25) is 15.5 Å². The molecule has 1 aromatic rings. The summed E-state index contributed by atoms with van der Waals surface area (Å²) in [6.07, 6.45) is 0. The molecule has 0 spiro atoms. The lowest BCUT2D eigenvalue weighted by Gasteiger charge is -1.96. The highest BCUT2D eigenvalue weighted by molar-refractivity contribution is 5.47. The molecule has 0 aliphatic carbocycles. The molecule has 0 saturated heterocycles. The first-order chi connectivity index (χ1) is 7.24. The number of rotatable bonds is 4. The van der Waals surface area contributed by atoms with Gasteiger partial charge in [-0.25, -0.2) is 0 Å². The van der Waals surface area contributed by atoms with Gasteiger partial charge in [0.2, 0.25) is 0 Å². The minimum absolute atomic E-state index is 0.00881. The molecule has 0 bridgehead atoms. The summed E-state index contributed by atoms with van der Waals surface area (Å²) in [5.74, 6) is 0. The molecule has 15 heavy (non-hydrogen) atoms. The Hall–Kier alpha value is -2.49. The van der Waals surface area contributed by atoms with Gasteiger partial charge in [0.05, 0.1) is 16.7 Å². The van der Waals surface area contributed by atoms with E-state index in [4.69, 9.17) is 5.26 Å². The normalized spacial score (nSPS) is 9.80. The summed E-state index contributed by atoms with van der Waals surface area (Å²) >= 11 is 0. The number of hydrogen-bond donors (Lipinski definition) is 1. The summed E-state index contributed by atoms with van der Waals surface area (Å²) in [5, 5.41) is 25.4. The molecule has 0 saturated carbocycles. The van der Waals surface area contributed by atoms with Crippen molar-refractivity contribution in [3.05, 3.63) is 34.4 Å². The molecule has 1 N–H and O–H groups in total. The van der Waals surface area contributed by atoms with Crippen molar-refractivity contribution in [2.75, 3.05) is 12.0 Å². The van der Waals surface area contributed by atoms with Crippen LogP contribution in [0.1, 0.15) is 0 Å². The zero-order chi connectivity index (χ0) is 11.1. The lowest BCUT2D eigenvalue weighted by molar-refractivity contribution is -0.384. The number of benzene rings is 1. The lowest BCUT2D eigenvalue weighted by Crippen LogP contribution is -1.90. The first-order valence-electron chi connectivity index (χ1n) is 3.98. The van der Waals surface area contributed by atoms with Crippen LogP contribution < -0.4 is 5.43 Å². The fraction of sp³-hybridized carbons (Fsp3) is 0.125. The summed E-state index contributed by atoms with van der Waals surface area (Å²) in [4.78, 5) is 9.83. The largest absolute Gasteiger partial charge is 0.269 e. The van der Waals surface area contributed by atoms with Crippen molar-refractivity contribution in [1.29, 1.82) is 5.26 Å². The van der Waals surface area contributed by atoms with Gasteiger partial charge in [0, 0.05) is 12.1 Å². The van der Waals surface area contributed by atoms with Gasteiger partial charge in [-0.1, -0.05) is 5.22 Å². The van der Waals surface area contributed by atoms with Crippen molar-refractivity contribution in [2.45, 2.75) is 0 Å². The molecule has 0 aliphatic rings. The summed E-state index contributed by atoms with van der Waals surface area (Å²) in [6, 6.07) is 7.49. The van der Waals surface area contributed by atoms with Crippen LogP contribution in [0.15, 0.2) is 34.6 Å². The van der Waals surface area contributed by atoms with Crippen LogP contribution in [0.5, 0.6) is 0 Å². The van der Waals surface area contributed by atoms with E-state index in [2.05, 4.69) is 15.8 Å². The second-order valence-corrected chi connectivity index (χ2v) is 2.47. The van der Waals surface area contributed by atoms with Gasteiger partial charge in [0.15, 0.2) is 0 Å². The quantitative estimate of drug-likeness (QED) is 0.350. The predicted octanol–water partition coefficient (Wildman–Crippen LogP) is 1.90. The molecule has 7 nitrogen and oxygen atoms in total. The van der Waals surface area contributed by atoms with Crippen molar-refractivity contribution in [3.63, 3.8) is 0 Å². The maximum atomic E-state index is 10.3. The minimum Gasteiger partial charge on any atom is -0.260 e. The highest BCUT2D eigenvalue weighted by atomic mass is 16.6. The third-order valence-electron chi connectivity index (χ3n) is 1.47. The maximum absolute atomic E-state index is 10.3. The average Bonchev–Trinajstić information content (AvgIpc) is 2.25. The van der Waals surface area contributed by atoms with Gasteiger partial charge in [-0.2, -0.15) is 10.4 Å². The van der Waals surface area contributed by atoms with E-state index in [9.17, 15) is 10.1 Å². The number of non-ortho nitro benzene ring substituents is 1. The van der Waals surface area contributed by atoms with Crippen LogP contribution in [-0.4, -0.2) is 11.5 Å². The zero-order valence-corrected chi connectivity index (χ0v) is 7.62. The minimum atomic E-state index is -0.485. The average molecular weight is 205 g/mol. The van der Waals surface area contributed by atoms with E-state index in [1.807, 2.05) is 0 Å². The molecule has 0 atom stereocenters. The zero-order valence-electron chi connectivity index (χ0n) is 7.62. The van der Waals surface area contributed by atoms with Gasteiger partial charge in [-0.05, 0) is 12.1 Å². The Balaban J connectivity index is 2.58. The molecule has 7 heteroatoms. The predicted molar refractivity (Wildman–Crippen MR) is 52.1 cm³/mol. The smallest absolute Gasteiger partial charge is 0.260 e. The van der Waals surface area contributed by atoms with E-state index in [1.54, 1.807) is 6.07 Å². The first-order valence-corrected chi connectivity index (χ1v) is 3.98. The van der Waals surface area contributed by atoms with E-state index >= 15 is 0 Å². The van der Waals surface area contributed by atoms with Crippen LogP contribution >= 0.6 is 0 Å². The highest BCUT2D eigenvalue weighted by Crippen LogP contribution is 2.15. The summed E-state index contributed by atoms with van der Waals surface area (Å²) in [5.41, 5.74) is 3.11. The Bertz CT molecular complexity index is 406. The van der Waals surface area contributed by atoms with Crippen molar-refractivity contribution in [3.8, 4) is 6.07 Å². The van der Waals surface area contributed by atoms with Gasteiger partial charge in [-0.15, -0.1) is 0 Å². The molecule has 0 radical (unpaired) electrons. The van der Waals surface area contributed by atoms with E-state index < -0.39 is 4.92 Å². The Labute approximate surface area is 85.2 Å². The lowest BCUT2D eigenvalue weighted by atomic mass is 10.3. The number of nitrogens with zero attached hydrogens (tertiary/aromatic N) is 4. The maximum Gasteiger partial charge on any atom is 0.269 e. The van der Waals surface area contributed by atoms with Crippen LogP contribution in [-0.2, 0) is 0 Å². The van der Waals surface area contributed by atoms with Crippen LogP contribution in [0.4, 0.5) is 11.4 Å². The molecule has 0 unspecified atom stereocenters. The summed E-state index contributed by atoms with van der Waals surface area (Å²) < 4.78 is 0. The van der Waals surface area contributed by atoms with Crippen LogP contribution in [0, 0.1) is 21.4 Å². The van der Waals surface area contributed by atoms with Crippen LogP contribution in [0.2, 0.25) is 0 Å². The van der Waals surface area contributed by atoms with Crippen molar-refractivity contribution >= 4 is 11.4 Å². The third-order valence-corrected chi connectivity index (χ3v) is 1.47. The SMILES string of the molecule is N#CCN=NNc1ccc([N+](=O)[O-])cc1. The number of hydrogen-bond acceptors (Lipinski definition) is 5. The Morgan fingerprint density at radius 3 is 2.67 bits per heavy atom. The standard InChI is InChI=1S/C8H7N5O2/c9-5-6-10-12-11-7-1-3-8(4-2-7)13(14)15/h1-4H,6H2,(H,10,11). The topological polar surface area (TPSA) is 104 Å². The summed E-state index contributed by atoms with van der Waals surface area (Å²) in [6.45, 7) is -0.0278. The van der Waals surface area contributed by atoms with Crippen molar-refractivity contribution in [1.82, 2.24) is 0 Å². The number of nitro groups is 1. The Morgan fingerprint density at radius 2 is 2.13 bits per heavy atom. The third kappa shape index (κ3) is 3.40. The fourth-order valence-corrected chi connectivity index (χ4v) is 0.818. The van der Waals surface area contributed by atoms with Crippen LogP contribution in [0.3, 0.4) is 0 Å². The number of nitrogens with one attached hydrogen (secondary N) is 1. The number of nitro benzene ring substituents is 1. The van der Waals surface area contributed by atoms with E-state index in [0.717, 1.165) is 0 Å². The Morgan fingerprint density at radius 1 is 1.47 bits per heavy atom. The van der Waals surface area contributed by atoms with Crippen LogP contribution in [0.25, 0.3) is 0 Å².